The number of rotatable bonds is 3. The van der Waals surface area contributed by atoms with E-state index in [2.05, 4.69) is 16.2 Å². The molecule has 1 aromatic carbocycles. The van der Waals surface area contributed by atoms with Crippen LogP contribution in [0.4, 0.5) is 0 Å². The number of aromatic nitrogens is 2. The summed E-state index contributed by atoms with van der Waals surface area (Å²) in [4.78, 5) is 6.31. The average molecular weight is 242 g/mol. The SMILES string of the molecule is Cc1cc(C#N)ccc1-c1nc(CN(C)C)no1. The second-order valence-corrected chi connectivity index (χ2v) is 4.40. The lowest BCUT2D eigenvalue weighted by molar-refractivity contribution is 0.365. The van der Waals surface area contributed by atoms with E-state index in [4.69, 9.17) is 9.78 Å². The van der Waals surface area contributed by atoms with Crippen molar-refractivity contribution in [1.29, 1.82) is 5.26 Å². The number of nitrogens with zero attached hydrogens (tertiary/aromatic N) is 4. The van der Waals surface area contributed by atoms with Crippen LogP contribution in [0, 0.1) is 18.3 Å². The normalized spacial score (nSPS) is 10.6. The third-order valence-corrected chi connectivity index (χ3v) is 2.51. The number of hydrogen-bond donors (Lipinski definition) is 0. The maximum Gasteiger partial charge on any atom is 0.258 e. The molecular formula is C13H14N4O. The van der Waals surface area contributed by atoms with E-state index >= 15 is 0 Å². The average Bonchev–Trinajstić information content (AvgIpc) is 2.76. The third kappa shape index (κ3) is 2.55. The molecule has 0 atom stereocenters. The maximum absolute atomic E-state index is 8.82. The Bertz CT molecular complexity index is 595. The molecule has 2 rings (SSSR count). The molecular weight excluding hydrogens is 228 g/mol. The molecule has 0 unspecified atom stereocenters. The predicted molar refractivity (Wildman–Crippen MR) is 66.6 cm³/mol. The van der Waals surface area contributed by atoms with E-state index in [1.807, 2.05) is 38.1 Å². The lowest BCUT2D eigenvalue weighted by atomic mass is 10.1. The molecule has 0 saturated carbocycles. The molecule has 0 fully saturated rings. The Morgan fingerprint density at radius 2 is 2.17 bits per heavy atom. The lowest BCUT2D eigenvalue weighted by Gasteiger charge is -2.03. The molecule has 0 radical (unpaired) electrons. The van der Waals surface area contributed by atoms with Gasteiger partial charge < -0.3 is 9.42 Å². The molecule has 2 aromatic rings. The highest BCUT2D eigenvalue weighted by Crippen LogP contribution is 2.22. The number of aryl methyl sites for hydroxylation is 1. The second-order valence-electron chi connectivity index (χ2n) is 4.40. The summed E-state index contributed by atoms with van der Waals surface area (Å²) >= 11 is 0. The summed E-state index contributed by atoms with van der Waals surface area (Å²) in [6.07, 6.45) is 0. The van der Waals surface area contributed by atoms with Gasteiger partial charge >= 0.3 is 0 Å². The van der Waals surface area contributed by atoms with E-state index in [1.165, 1.54) is 0 Å². The fourth-order valence-corrected chi connectivity index (χ4v) is 1.68. The topological polar surface area (TPSA) is 66.0 Å². The Balaban J connectivity index is 2.32. The van der Waals surface area contributed by atoms with Gasteiger partial charge in [0.15, 0.2) is 5.82 Å². The van der Waals surface area contributed by atoms with Crippen LogP contribution in [0.25, 0.3) is 11.5 Å². The summed E-state index contributed by atoms with van der Waals surface area (Å²) in [5.41, 5.74) is 2.45. The van der Waals surface area contributed by atoms with Crippen LogP contribution in [0.15, 0.2) is 22.7 Å². The zero-order chi connectivity index (χ0) is 13.1. The summed E-state index contributed by atoms with van der Waals surface area (Å²) in [6.45, 7) is 2.56. The molecule has 0 spiro atoms. The summed E-state index contributed by atoms with van der Waals surface area (Å²) < 4.78 is 5.24. The van der Waals surface area contributed by atoms with Crippen LogP contribution >= 0.6 is 0 Å². The van der Waals surface area contributed by atoms with Crippen molar-refractivity contribution in [3.63, 3.8) is 0 Å². The van der Waals surface area contributed by atoms with Gasteiger partial charge in [0.25, 0.3) is 5.89 Å². The molecule has 92 valence electrons. The Labute approximate surface area is 106 Å². The number of hydrogen-bond acceptors (Lipinski definition) is 5. The van der Waals surface area contributed by atoms with Gasteiger partial charge in [-0.15, -0.1) is 0 Å². The molecule has 0 bridgehead atoms. The van der Waals surface area contributed by atoms with Gasteiger partial charge in [0.1, 0.15) is 0 Å². The lowest BCUT2D eigenvalue weighted by Crippen LogP contribution is -2.11. The zero-order valence-corrected chi connectivity index (χ0v) is 10.6. The predicted octanol–water partition coefficient (Wildman–Crippen LogP) is 1.98. The van der Waals surface area contributed by atoms with Crippen molar-refractivity contribution in [2.45, 2.75) is 13.5 Å². The van der Waals surface area contributed by atoms with Crippen LogP contribution in [0.3, 0.4) is 0 Å². The van der Waals surface area contributed by atoms with Gasteiger partial charge in [0, 0.05) is 5.56 Å². The first-order chi connectivity index (χ1) is 8.60. The minimum absolute atomic E-state index is 0.494. The molecule has 0 amide bonds. The van der Waals surface area contributed by atoms with Crippen LogP contribution in [0.2, 0.25) is 0 Å². The molecule has 18 heavy (non-hydrogen) atoms. The molecule has 0 saturated heterocycles. The monoisotopic (exact) mass is 242 g/mol. The van der Waals surface area contributed by atoms with Crippen molar-refractivity contribution in [2.75, 3.05) is 14.1 Å². The van der Waals surface area contributed by atoms with E-state index in [0.29, 0.717) is 23.8 Å². The molecule has 1 aromatic heterocycles. The van der Waals surface area contributed by atoms with Crippen molar-refractivity contribution in [2.24, 2.45) is 0 Å². The van der Waals surface area contributed by atoms with Crippen molar-refractivity contribution < 1.29 is 4.52 Å². The number of nitriles is 1. The van der Waals surface area contributed by atoms with Crippen molar-refractivity contribution in [1.82, 2.24) is 15.0 Å². The van der Waals surface area contributed by atoms with Crippen molar-refractivity contribution in [3.05, 3.63) is 35.2 Å². The van der Waals surface area contributed by atoms with Gasteiger partial charge in [-0.25, -0.2) is 0 Å². The molecule has 0 N–H and O–H groups in total. The fraction of sp³-hybridized carbons (Fsp3) is 0.308. The van der Waals surface area contributed by atoms with Gasteiger partial charge in [-0.1, -0.05) is 5.16 Å². The van der Waals surface area contributed by atoms with E-state index in [-0.39, 0.29) is 0 Å². The summed E-state index contributed by atoms with van der Waals surface area (Å²) in [6, 6.07) is 7.50. The first-order valence-electron chi connectivity index (χ1n) is 5.58. The zero-order valence-electron chi connectivity index (χ0n) is 10.6. The van der Waals surface area contributed by atoms with Crippen LogP contribution in [-0.2, 0) is 6.54 Å². The Hall–Kier alpha value is -2.19. The van der Waals surface area contributed by atoms with Gasteiger partial charge in [-0.2, -0.15) is 10.2 Å². The summed E-state index contributed by atoms with van der Waals surface area (Å²) in [5.74, 6) is 1.15. The van der Waals surface area contributed by atoms with Gasteiger partial charge in [-0.05, 0) is 44.8 Å². The molecule has 0 aliphatic rings. The van der Waals surface area contributed by atoms with E-state index in [9.17, 15) is 0 Å². The molecule has 0 aliphatic carbocycles. The third-order valence-electron chi connectivity index (χ3n) is 2.51. The Morgan fingerprint density at radius 3 is 2.78 bits per heavy atom. The van der Waals surface area contributed by atoms with Crippen molar-refractivity contribution in [3.8, 4) is 17.5 Å². The standard InChI is InChI=1S/C13H14N4O/c1-9-6-10(7-14)4-5-11(9)13-15-12(16-18-13)8-17(2)3/h4-6H,8H2,1-3H3. The molecule has 1 heterocycles. The minimum Gasteiger partial charge on any atom is -0.334 e. The van der Waals surface area contributed by atoms with Crippen LogP contribution < -0.4 is 0 Å². The van der Waals surface area contributed by atoms with Gasteiger partial charge in [0.2, 0.25) is 0 Å². The summed E-state index contributed by atoms with van der Waals surface area (Å²) in [7, 11) is 3.89. The van der Waals surface area contributed by atoms with Crippen LogP contribution in [0.5, 0.6) is 0 Å². The smallest absolute Gasteiger partial charge is 0.258 e. The molecule has 5 nitrogen and oxygen atoms in total. The van der Waals surface area contributed by atoms with Gasteiger partial charge in [-0.3, -0.25) is 0 Å². The van der Waals surface area contributed by atoms with E-state index < -0.39 is 0 Å². The maximum atomic E-state index is 8.82. The highest BCUT2D eigenvalue weighted by molar-refractivity contribution is 5.60. The van der Waals surface area contributed by atoms with Gasteiger partial charge in [0.05, 0.1) is 18.2 Å². The van der Waals surface area contributed by atoms with Crippen LogP contribution in [-0.4, -0.2) is 29.1 Å². The van der Waals surface area contributed by atoms with E-state index in [0.717, 1.165) is 11.1 Å². The molecule has 0 aliphatic heterocycles. The first kappa shape index (κ1) is 12.3. The Kier molecular flexibility index (Phi) is 3.40. The van der Waals surface area contributed by atoms with Crippen molar-refractivity contribution >= 4 is 0 Å². The minimum atomic E-state index is 0.494. The summed E-state index contributed by atoms with van der Waals surface area (Å²) in [5, 5.41) is 12.7. The Morgan fingerprint density at radius 1 is 1.39 bits per heavy atom. The van der Waals surface area contributed by atoms with E-state index in [1.54, 1.807) is 6.07 Å². The second kappa shape index (κ2) is 4.98. The highest BCUT2D eigenvalue weighted by Gasteiger charge is 2.11. The number of benzene rings is 1. The fourth-order valence-electron chi connectivity index (χ4n) is 1.68. The largest absolute Gasteiger partial charge is 0.334 e. The van der Waals surface area contributed by atoms with Crippen LogP contribution in [0.1, 0.15) is 17.0 Å². The quantitative estimate of drug-likeness (QED) is 0.823. The highest BCUT2D eigenvalue weighted by atomic mass is 16.5. The molecule has 5 heteroatoms. The first-order valence-corrected chi connectivity index (χ1v) is 5.58.